The van der Waals surface area contributed by atoms with Gasteiger partial charge in [0, 0.05) is 38.2 Å². The van der Waals surface area contributed by atoms with Gasteiger partial charge in [-0.25, -0.2) is 0 Å². The van der Waals surface area contributed by atoms with Crippen LogP contribution in [0.4, 0.5) is 0 Å². The average Bonchev–Trinajstić information content (AvgIpc) is 3.54. The summed E-state index contributed by atoms with van der Waals surface area (Å²) in [5.41, 5.74) is 3.17. The summed E-state index contributed by atoms with van der Waals surface area (Å²) >= 11 is 0. The lowest BCUT2D eigenvalue weighted by atomic mass is 9.94. The van der Waals surface area contributed by atoms with Gasteiger partial charge in [0.25, 0.3) is 11.7 Å². The van der Waals surface area contributed by atoms with Gasteiger partial charge in [0.05, 0.1) is 31.4 Å². The van der Waals surface area contributed by atoms with Gasteiger partial charge in [-0.1, -0.05) is 36.4 Å². The Morgan fingerprint density at radius 1 is 0.955 bits per heavy atom. The first-order valence-electron chi connectivity index (χ1n) is 15.2. The predicted octanol–water partition coefficient (Wildman–Crippen LogP) is 4.74. The number of aliphatic hydroxyl groups excluding tert-OH is 1. The van der Waals surface area contributed by atoms with Crippen LogP contribution in [0.3, 0.4) is 0 Å². The van der Waals surface area contributed by atoms with E-state index in [1.54, 1.807) is 17.0 Å². The number of amides is 1. The Morgan fingerprint density at radius 2 is 1.75 bits per heavy atom. The third kappa shape index (κ3) is 6.16. The van der Waals surface area contributed by atoms with Crippen LogP contribution in [0, 0.1) is 0 Å². The summed E-state index contributed by atoms with van der Waals surface area (Å²) in [6, 6.07) is 19.9. The zero-order valence-corrected chi connectivity index (χ0v) is 25.2. The third-order valence-corrected chi connectivity index (χ3v) is 8.29. The highest BCUT2D eigenvalue weighted by molar-refractivity contribution is 6.46. The van der Waals surface area contributed by atoms with Crippen LogP contribution in [-0.4, -0.2) is 78.7 Å². The number of Topliss-reactive ketones (excluding diaryl/α,β-unsaturated/α-hetero) is 1. The number of hydrogen-bond donors (Lipinski definition) is 1. The predicted molar refractivity (Wildman–Crippen MR) is 165 cm³/mol. The van der Waals surface area contributed by atoms with E-state index in [2.05, 4.69) is 4.90 Å². The fraction of sp³-hybridized carbons (Fsp3) is 0.371. The number of ether oxygens (including phenoxy) is 4. The van der Waals surface area contributed by atoms with E-state index in [4.69, 9.17) is 18.9 Å². The molecule has 0 unspecified atom stereocenters. The van der Waals surface area contributed by atoms with Gasteiger partial charge in [0.1, 0.15) is 24.2 Å². The van der Waals surface area contributed by atoms with Gasteiger partial charge in [0.2, 0.25) is 0 Å². The number of rotatable bonds is 10. The Labute approximate surface area is 257 Å². The average molecular weight is 599 g/mol. The minimum Gasteiger partial charge on any atom is -0.507 e. The van der Waals surface area contributed by atoms with E-state index in [-0.39, 0.29) is 17.4 Å². The van der Waals surface area contributed by atoms with Crippen LogP contribution in [0.2, 0.25) is 0 Å². The number of fused-ring (bicyclic) bond motifs is 1. The van der Waals surface area contributed by atoms with Crippen LogP contribution in [0.15, 0.2) is 72.3 Å². The number of aliphatic hydroxyl groups is 1. The molecule has 0 aromatic heterocycles. The van der Waals surface area contributed by atoms with Gasteiger partial charge >= 0.3 is 0 Å². The lowest BCUT2D eigenvalue weighted by molar-refractivity contribution is -0.140. The summed E-state index contributed by atoms with van der Waals surface area (Å²) in [5.74, 6) is 0.282. The highest BCUT2D eigenvalue weighted by atomic mass is 16.5. The first-order chi connectivity index (χ1) is 21.4. The first kappa shape index (κ1) is 29.7. The summed E-state index contributed by atoms with van der Waals surface area (Å²) in [6.07, 6.45) is 0.739. The van der Waals surface area contributed by atoms with Crippen molar-refractivity contribution in [2.75, 3.05) is 46.0 Å². The molecule has 3 aromatic rings. The second-order valence-electron chi connectivity index (χ2n) is 11.3. The molecule has 1 N–H and O–H groups in total. The monoisotopic (exact) mass is 598 g/mol. The number of benzene rings is 3. The van der Waals surface area contributed by atoms with Crippen molar-refractivity contribution in [1.82, 2.24) is 9.80 Å². The molecule has 9 nitrogen and oxygen atoms in total. The molecule has 0 spiro atoms. The number of likely N-dealkylation sites (tertiary alicyclic amines) is 1. The Bertz CT molecular complexity index is 1550. The van der Waals surface area contributed by atoms with Gasteiger partial charge < -0.3 is 29.0 Å². The highest BCUT2D eigenvalue weighted by Crippen LogP contribution is 2.43. The quantitative estimate of drug-likeness (QED) is 0.203. The Kier molecular flexibility index (Phi) is 8.86. The molecule has 9 heteroatoms. The van der Waals surface area contributed by atoms with Crippen molar-refractivity contribution in [3.63, 3.8) is 0 Å². The third-order valence-electron chi connectivity index (χ3n) is 8.29. The first-order valence-corrected chi connectivity index (χ1v) is 15.2. The Morgan fingerprint density at radius 3 is 2.52 bits per heavy atom. The summed E-state index contributed by atoms with van der Waals surface area (Å²) in [5, 5.41) is 11.7. The topological polar surface area (TPSA) is 97.8 Å². The number of nitrogens with zero attached hydrogens (tertiary/aromatic N) is 2. The standard InChI is InChI=1S/C35H38N2O7/c1-3-42-30-21-25(9-12-29(30)43-22-24-7-5-4-6-8-24)32-31(33(38)26-10-11-28-27(20-26)19-23(2)44-28)34(39)35(40)37(32)14-13-36-15-17-41-18-16-36/h4-12,20-21,23,32,38H,3,13-19,22H2,1-2H3/t23-,32-/m1/s1. The van der Waals surface area contributed by atoms with Gasteiger partial charge in [-0.2, -0.15) is 0 Å². The molecule has 2 fully saturated rings. The Hall–Kier alpha value is -4.34. The summed E-state index contributed by atoms with van der Waals surface area (Å²) < 4.78 is 23.4. The number of ketones is 1. The van der Waals surface area contributed by atoms with Crippen molar-refractivity contribution < 1.29 is 33.6 Å². The van der Waals surface area contributed by atoms with Crippen LogP contribution in [0.5, 0.6) is 17.2 Å². The molecule has 0 bridgehead atoms. The molecule has 3 aliphatic rings. The van der Waals surface area contributed by atoms with E-state index in [9.17, 15) is 14.7 Å². The fourth-order valence-corrected chi connectivity index (χ4v) is 6.07. The lowest BCUT2D eigenvalue weighted by Gasteiger charge is -2.31. The van der Waals surface area contributed by atoms with Crippen molar-refractivity contribution in [2.24, 2.45) is 0 Å². The zero-order valence-electron chi connectivity index (χ0n) is 25.2. The normalized spacial score (nSPS) is 21.3. The van der Waals surface area contributed by atoms with Crippen LogP contribution in [0.25, 0.3) is 5.76 Å². The van der Waals surface area contributed by atoms with Crippen molar-refractivity contribution in [3.8, 4) is 17.2 Å². The van der Waals surface area contributed by atoms with Crippen LogP contribution in [-0.2, 0) is 27.4 Å². The Balaban J connectivity index is 1.37. The number of carbonyl (C=O) groups is 2. The zero-order chi connectivity index (χ0) is 30.6. The fourth-order valence-electron chi connectivity index (χ4n) is 6.07. The largest absolute Gasteiger partial charge is 0.507 e. The molecule has 0 aliphatic carbocycles. The van der Waals surface area contributed by atoms with Gasteiger partial charge in [-0.3, -0.25) is 14.5 Å². The van der Waals surface area contributed by atoms with E-state index in [1.165, 1.54) is 0 Å². The van der Waals surface area contributed by atoms with Crippen LogP contribution < -0.4 is 14.2 Å². The molecule has 3 heterocycles. The molecular weight excluding hydrogens is 560 g/mol. The number of carbonyl (C=O) groups excluding carboxylic acids is 2. The summed E-state index contributed by atoms with van der Waals surface area (Å²) in [7, 11) is 0. The van der Waals surface area contributed by atoms with E-state index in [1.807, 2.05) is 68.4 Å². The maximum Gasteiger partial charge on any atom is 0.295 e. The lowest BCUT2D eigenvalue weighted by Crippen LogP contribution is -2.42. The maximum atomic E-state index is 13.7. The van der Waals surface area contributed by atoms with Gasteiger partial charge in [-0.05, 0) is 60.9 Å². The van der Waals surface area contributed by atoms with Crippen molar-refractivity contribution >= 4 is 17.4 Å². The molecule has 0 saturated carbocycles. The SMILES string of the molecule is CCOc1cc([C@@H]2C(=C(O)c3ccc4c(c3)C[C@@H](C)O4)C(=O)C(=O)N2CCN2CCOCC2)ccc1OCc1ccccc1. The van der Waals surface area contributed by atoms with Crippen LogP contribution in [0.1, 0.15) is 42.1 Å². The molecule has 230 valence electrons. The molecule has 0 radical (unpaired) electrons. The van der Waals surface area contributed by atoms with Gasteiger partial charge in [-0.15, -0.1) is 0 Å². The molecule has 2 atom stereocenters. The minimum atomic E-state index is -0.804. The maximum absolute atomic E-state index is 13.7. The molecular formula is C35H38N2O7. The molecule has 2 saturated heterocycles. The van der Waals surface area contributed by atoms with Crippen molar-refractivity contribution in [1.29, 1.82) is 0 Å². The number of hydrogen-bond acceptors (Lipinski definition) is 8. The smallest absolute Gasteiger partial charge is 0.295 e. The van der Waals surface area contributed by atoms with Crippen molar-refractivity contribution in [2.45, 2.75) is 39.0 Å². The van der Waals surface area contributed by atoms with E-state index >= 15 is 0 Å². The van der Waals surface area contributed by atoms with E-state index in [0.717, 1.165) is 30.0 Å². The molecule has 3 aromatic carbocycles. The van der Waals surface area contributed by atoms with Gasteiger partial charge in [0.15, 0.2) is 11.5 Å². The molecule has 1 amide bonds. The minimum absolute atomic E-state index is 0.0350. The van der Waals surface area contributed by atoms with Crippen molar-refractivity contribution in [3.05, 3.63) is 94.6 Å². The second-order valence-corrected chi connectivity index (χ2v) is 11.3. The second kappa shape index (κ2) is 13.1. The molecule has 44 heavy (non-hydrogen) atoms. The molecule has 6 rings (SSSR count). The van der Waals surface area contributed by atoms with Crippen LogP contribution >= 0.6 is 0 Å². The number of morpholine rings is 1. The molecule has 3 aliphatic heterocycles. The summed E-state index contributed by atoms with van der Waals surface area (Å²) in [6.45, 7) is 8.31. The van der Waals surface area contributed by atoms with E-state index in [0.29, 0.717) is 68.6 Å². The highest BCUT2D eigenvalue weighted by Gasteiger charge is 2.46. The summed E-state index contributed by atoms with van der Waals surface area (Å²) in [4.78, 5) is 31.0. The van der Waals surface area contributed by atoms with E-state index < -0.39 is 17.7 Å².